The lowest BCUT2D eigenvalue weighted by Gasteiger charge is -2.33. The van der Waals surface area contributed by atoms with E-state index in [-0.39, 0.29) is 17.7 Å². The molecule has 1 saturated heterocycles. The second-order valence-electron chi connectivity index (χ2n) is 8.28. The number of aryl methyl sites for hydroxylation is 1. The van der Waals surface area contributed by atoms with Crippen LogP contribution in [0, 0.1) is 5.92 Å². The van der Waals surface area contributed by atoms with Crippen molar-refractivity contribution in [3.05, 3.63) is 70.8 Å². The van der Waals surface area contributed by atoms with Crippen molar-refractivity contribution >= 4 is 11.8 Å². The van der Waals surface area contributed by atoms with E-state index in [0.717, 1.165) is 50.0 Å². The highest BCUT2D eigenvalue weighted by atomic mass is 16.5. The Morgan fingerprint density at radius 3 is 2.55 bits per heavy atom. The third-order valence-corrected chi connectivity index (χ3v) is 6.58. The molecular formula is C25H29NO3. The van der Waals surface area contributed by atoms with Crippen molar-refractivity contribution in [1.82, 2.24) is 4.90 Å². The molecule has 0 N–H and O–H groups in total. The number of Topliss-reactive ketones (excluding diaryl/α,β-unsaturated/α-hetero) is 1. The molecule has 1 aliphatic heterocycles. The average Bonchev–Trinajstić information content (AvgIpc) is 2.79. The van der Waals surface area contributed by atoms with Gasteiger partial charge in [-0.25, -0.2) is 4.79 Å². The Morgan fingerprint density at radius 1 is 1.07 bits per heavy atom. The van der Waals surface area contributed by atoms with E-state index in [4.69, 9.17) is 4.74 Å². The number of esters is 1. The zero-order chi connectivity index (χ0) is 20.2. The molecule has 0 spiro atoms. The molecule has 1 unspecified atom stereocenters. The summed E-state index contributed by atoms with van der Waals surface area (Å²) < 4.78 is 4.79. The molecule has 0 radical (unpaired) electrons. The normalized spacial score (nSPS) is 20.3. The quantitative estimate of drug-likeness (QED) is 0.705. The van der Waals surface area contributed by atoms with E-state index in [1.165, 1.54) is 25.5 Å². The molecule has 1 heterocycles. The fourth-order valence-electron chi connectivity index (χ4n) is 4.80. The van der Waals surface area contributed by atoms with Crippen molar-refractivity contribution in [2.75, 3.05) is 26.7 Å². The maximum Gasteiger partial charge on any atom is 0.337 e. The molecule has 1 fully saturated rings. The molecule has 0 saturated carbocycles. The maximum atomic E-state index is 12.9. The first-order valence-corrected chi connectivity index (χ1v) is 10.7. The number of rotatable bonds is 5. The fourth-order valence-corrected chi connectivity index (χ4v) is 4.80. The fraction of sp³-hybridized carbons (Fsp3) is 0.440. The van der Waals surface area contributed by atoms with E-state index in [9.17, 15) is 9.59 Å². The smallest absolute Gasteiger partial charge is 0.337 e. The number of piperidine rings is 1. The number of nitrogens with zero attached hydrogens (tertiary/aromatic N) is 1. The summed E-state index contributed by atoms with van der Waals surface area (Å²) >= 11 is 0. The Kier molecular flexibility index (Phi) is 6.10. The lowest BCUT2D eigenvalue weighted by Crippen LogP contribution is -2.35. The number of ketones is 1. The molecule has 1 aliphatic carbocycles. The van der Waals surface area contributed by atoms with E-state index in [1.807, 2.05) is 6.07 Å². The van der Waals surface area contributed by atoms with E-state index < -0.39 is 0 Å². The van der Waals surface area contributed by atoms with Gasteiger partial charge in [-0.2, -0.15) is 0 Å². The van der Waals surface area contributed by atoms with Crippen LogP contribution in [0.3, 0.4) is 0 Å². The summed E-state index contributed by atoms with van der Waals surface area (Å²) in [6.45, 7) is 3.21. The molecule has 0 bridgehead atoms. The number of carbonyl (C=O) groups excluding carboxylic acids is 2. The molecule has 2 aromatic carbocycles. The number of carbonyl (C=O) groups is 2. The van der Waals surface area contributed by atoms with Gasteiger partial charge in [0, 0.05) is 11.5 Å². The minimum Gasteiger partial charge on any atom is -0.465 e. The summed E-state index contributed by atoms with van der Waals surface area (Å²) in [6, 6.07) is 16.2. The van der Waals surface area contributed by atoms with Crippen molar-refractivity contribution in [3.63, 3.8) is 0 Å². The van der Waals surface area contributed by atoms with Crippen LogP contribution < -0.4 is 0 Å². The average molecular weight is 392 g/mol. The SMILES string of the molecule is COC(=O)c1ccc2c(c1)CCC(CCN1CCC(c3ccccc3)CC1)C2=O. The zero-order valence-electron chi connectivity index (χ0n) is 17.1. The highest BCUT2D eigenvalue weighted by Gasteiger charge is 2.29. The zero-order valence-corrected chi connectivity index (χ0v) is 17.1. The van der Waals surface area contributed by atoms with Crippen molar-refractivity contribution in [1.29, 1.82) is 0 Å². The highest BCUT2D eigenvalue weighted by molar-refractivity contribution is 6.01. The van der Waals surface area contributed by atoms with Crippen LogP contribution in [0.4, 0.5) is 0 Å². The standard InChI is InChI=1S/C25H29NO3/c1-29-25(28)22-9-10-23-21(17-22)8-7-20(24(23)27)13-16-26-14-11-19(12-15-26)18-5-3-2-4-6-18/h2-6,9-10,17,19-20H,7-8,11-16H2,1H3. The van der Waals surface area contributed by atoms with Crippen LogP contribution in [-0.4, -0.2) is 43.4 Å². The lowest BCUT2D eigenvalue weighted by molar-refractivity contribution is 0.0600. The minimum atomic E-state index is -0.346. The first kappa shape index (κ1) is 19.8. The van der Waals surface area contributed by atoms with E-state index in [0.29, 0.717) is 11.5 Å². The Balaban J connectivity index is 1.30. The Morgan fingerprint density at radius 2 is 1.83 bits per heavy atom. The second kappa shape index (κ2) is 8.91. The van der Waals surface area contributed by atoms with E-state index in [1.54, 1.807) is 12.1 Å². The summed E-state index contributed by atoms with van der Waals surface area (Å²) in [6.07, 6.45) is 5.04. The van der Waals surface area contributed by atoms with Crippen molar-refractivity contribution in [2.24, 2.45) is 5.92 Å². The Labute approximate surface area is 172 Å². The molecular weight excluding hydrogens is 362 g/mol. The van der Waals surface area contributed by atoms with E-state index in [2.05, 4.69) is 35.2 Å². The van der Waals surface area contributed by atoms with Gasteiger partial charge in [0.05, 0.1) is 12.7 Å². The van der Waals surface area contributed by atoms with Gasteiger partial charge in [-0.3, -0.25) is 4.79 Å². The molecule has 4 nitrogen and oxygen atoms in total. The van der Waals surface area contributed by atoms with Crippen LogP contribution >= 0.6 is 0 Å². The van der Waals surface area contributed by atoms with Crippen LogP contribution in [0.15, 0.2) is 48.5 Å². The largest absolute Gasteiger partial charge is 0.465 e. The van der Waals surface area contributed by atoms with Crippen LogP contribution in [0.25, 0.3) is 0 Å². The van der Waals surface area contributed by atoms with Crippen molar-refractivity contribution in [3.8, 4) is 0 Å². The van der Waals surface area contributed by atoms with Crippen LogP contribution in [-0.2, 0) is 11.2 Å². The van der Waals surface area contributed by atoms with Crippen LogP contribution in [0.5, 0.6) is 0 Å². The van der Waals surface area contributed by atoms with Crippen molar-refractivity contribution < 1.29 is 14.3 Å². The number of methoxy groups -OCH3 is 1. The number of hydrogen-bond donors (Lipinski definition) is 0. The van der Waals surface area contributed by atoms with Gasteiger partial charge in [-0.15, -0.1) is 0 Å². The van der Waals surface area contributed by atoms with Gasteiger partial charge in [0.1, 0.15) is 0 Å². The summed E-state index contributed by atoms with van der Waals surface area (Å²) in [5.41, 5.74) is 3.76. The minimum absolute atomic E-state index is 0.0957. The van der Waals surface area contributed by atoms with Crippen LogP contribution in [0.2, 0.25) is 0 Å². The van der Waals surface area contributed by atoms with Gasteiger partial charge in [0.2, 0.25) is 0 Å². The monoisotopic (exact) mass is 391 g/mol. The number of fused-ring (bicyclic) bond motifs is 1. The molecule has 2 aliphatic rings. The third kappa shape index (κ3) is 4.43. The first-order valence-electron chi connectivity index (χ1n) is 10.7. The van der Waals surface area contributed by atoms with Crippen molar-refractivity contribution in [2.45, 2.75) is 38.0 Å². The molecule has 29 heavy (non-hydrogen) atoms. The van der Waals surface area contributed by atoms with Crippen LogP contribution in [0.1, 0.15) is 63.4 Å². The molecule has 0 aromatic heterocycles. The molecule has 2 aromatic rings. The van der Waals surface area contributed by atoms with Gasteiger partial charge in [-0.05, 0) is 80.9 Å². The second-order valence-corrected chi connectivity index (χ2v) is 8.28. The maximum absolute atomic E-state index is 12.9. The third-order valence-electron chi connectivity index (χ3n) is 6.58. The van der Waals surface area contributed by atoms with Gasteiger partial charge in [0.25, 0.3) is 0 Å². The number of benzene rings is 2. The van der Waals surface area contributed by atoms with Gasteiger partial charge < -0.3 is 9.64 Å². The summed E-state index contributed by atoms with van der Waals surface area (Å²) in [4.78, 5) is 27.2. The molecule has 152 valence electrons. The molecule has 0 amide bonds. The summed E-state index contributed by atoms with van der Waals surface area (Å²) in [5, 5.41) is 0. The molecule has 4 heteroatoms. The summed E-state index contributed by atoms with van der Waals surface area (Å²) in [7, 11) is 1.38. The van der Waals surface area contributed by atoms with Gasteiger partial charge >= 0.3 is 5.97 Å². The predicted molar refractivity (Wildman–Crippen MR) is 113 cm³/mol. The van der Waals surface area contributed by atoms with Gasteiger partial charge in [0.15, 0.2) is 5.78 Å². The van der Waals surface area contributed by atoms with E-state index >= 15 is 0 Å². The Hall–Kier alpha value is -2.46. The topological polar surface area (TPSA) is 46.6 Å². The Bertz CT molecular complexity index is 869. The molecule has 1 atom stereocenters. The highest BCUT2D eigenvalue weighted by Crippen LogP contribution is 2.31. The lowest BCUT2D eigenvalue weighted by atomic mass is 9.80. The number of hydrogen-bond acceptors (Lipinski definition) is 4. The first-order chi connectivity index (χ1) is 14.2. The van der Waals surface area contributed by atoms with Gasteiger partial charge in [-0.1, -0.05) is 36.4 Å². The summed E-state index contributed by atoms with van der Waals surface area (Å²) in [5.74, 6) is 0.654. The number of ether oxygens (including phenoxy) is 1. The predicted octanol–water partition coefficient (Wildman–Crippen LogP) is 4.49. The molecule has 4 rings (SSSR count). The number of likely N-dealkylation sites (tertiary alicyclic amines) is 1.